The molecule has 1 unspecified atom stereocenters. The molecule has 0 fully saturated rings. The van der Waals surface area contributed by atoms with Crippen molar-refractivity contribution in [1.82, 2.24) is 5.01 Å². The largest absolute Gasteiger partial charge is 0.507 e. The minimum Gasteiger partial charge on any atom is -0.507 e. The molecule has 1 amide bonds. The first-order valence-electron chi connectivity index (χ1n) is 11.9. The van der Waals surface area contributed by atoms with Crippen LogP contribution in [0, 0.1) is 0 Å². The fourth-order valence-electron chi connectivity index (χ4n) is 4.28. The van der Waals surface area contributed by atoms with Crippen molar-refractivity contribution in [3.63, 3.8) is 0 Å². The van der Waals surface area contributed by atoms with Crippen LogP contribution in [0.4, 0.5) is 5.69 Å². The lowest BCUT2D eigenvalue weighted by Gasteiger charge is -2.35. The molecule has 186 valence electrons. The second-order valence-electron chi connectivity index (χ2n) is 8.63. The fraction of sp³-hybridized carbons (Fsp3) is 0.133. The summed E-state index contributed by atoms with van der Waals surface area (Å²) in [6.07, 6.45) is -0.611. The van der Waals surface area contributed by atoms with Crippen molar-refractivity contribution in [3.8, 4) is 17.2 Å². The van der Waals surface area contributed by atoms with Gasteiger partial charge in [0.25, 0.3) is 5.91 Å². The van der Waals surface area contributed by atoms with Crippen LogP contribution >= 0.6 is 0 Å². The van der Waals surface area contributed by atoms with E-state index >= 15 is 0 Å². The van der Waals surface area contributed by atoms with Gasteiger partial charge in [0.05, 0.1) is 18.4 Å². The van der Waals surface area contributed by atoms with Gasteiger partial charge in [-0.2, -0.15) is 5.10 Å². The Morgan fingerprint density at radius 1 is 0.946 bits per heavy atom. The molecular weight excluding hydrogens is 466 g/mol. The predicted molar refractivity (Wildman–Crippen MR) is 143 cm³/mol. The maximum atomic E-state index is 13.6. The Hall–Kier alpha value is -4.78. The SMILES string of the molecule is COc1cc(C2Nc3ccccc3C(=O)N2/N=C(\C)c2ccccc2O)ccc1OCc1ccccc1. The maximum absolute atomic E-state index is 13.6. The van der Waals surface area contributed by atoms with Gasteiger partial charge in [0.15, 0.2) is 17.7 Å². The van der Waals surface area contributed by atoms with Crippen LogP contribution in [0.5, 0.6) is 17.2 Å². The number of aromatic hydroxyl groups is 1. The quantitative estimate of drug-likeness (QED) is 0.310. The summed E-state index contributed by atoms with van der Waals surface area (Å²) in [4.78, 5) is 13.6. The number of carbonyl (C=O) groups excluding carboxylic acids is 1. The van der Waals surface area contributed by atoms with Crippen molar-refractivity contribution in [2.75, 3.05) is 12.4 Å². The highest BCUT2D eigenvalue weighted by Crippen LogP contribution is 2.37. The zero-order valence-electron chi connectivity index (χ0n) is 20.6. The van der Waals surface area contributed by atoms with Crippen LogP contribution in [0.1, 0.15) is 40.1 Å². The third-order valence-electron chi connectivity index (χ3n) is 6.19. The number of carbonyl (C=O) groups is 1. The summed E-state index contributed by atoms with van der Waals surface area (Å²) < 4.78 is 11.7. The predicted octanol–water partition coefficient (Wildman–Crippen LogP) is 5.97. The lowest BCUT2D eigenvalue weighted by Crippen LogP contribution is -2.40. The van der Waals surface area contributed by atoms with Crippen LogP contribution in [-0.4, -0.2) is 28.8 Å². The van der Waals surface area contributed by atoms with Gasteiger partial charge in [0.2, 0.25) is 0 Å². The van der Waals surface area contributed by atoms with Crippen LogP contribution in [-0.2, 0) is 6.61 Å². The van der Waals surface area contributed by atoms with E-state index in [1.54, 1.807) is 38.3 Å². The van der Waals surface area contributed by atoms with Crippen molar-refractivity contribution in [2.45, 2.75) is 19.7 Å². The second-order valence-corrected chi connectivity index (χ2v) is 8.63. The van der Waals surface area contributed by atoms with Crippen LogP contribution in [0.25, 0.3) is 0 Å². The molecule has 4 aromatic carbocycles. The van der Waals surface area contributed by atoms with Crippen molar-refractivity contribution in [2.24, 2.45) is 5.10 Å². The van der Waals surface area contributed by atoms with Gasteiger partial charge in [0.1, 0.15) is 12.4 Å². The topological polar surface area (TPSA) is 83.4 Å². The number of phenols is 1. The number of nitrogens with one attached hydrogen (secondary N) is 1. The minimum atomic E-state index is -0.611. The molecule has 1 aliphatic heterocycles. The molecule has 0 bridgehead atoms. The van der Waals surface area contributed by atoms with Crippen LogP contribution in [0.3, 0.4) is 0 Å². The van der Waals surface area contributed by atoms with E-state index in [-0.39, 0.29) is 11.7 Å². The molecule has 0 aromatic heterocycles. The van der Waals surface area contributed by atoms with E-state index in [0.29, 0.717) is 40.6 Å². The van der Waals surface area contributed by atoms with Crippen molar-refractivity contribution >= 4 is 17.3 Å². The summed E-state index contributed by atoms with van der Waals surface area (Å²) in [6.45, 7) is 2.17. The molecule has 0 radical (unpaired) electrons. The Kier molecular flexibility index (Phi) is 6.76. The van der Waals surface area contributed by atoms with Gasteiger partial charge in [-0.05, 0) is 48.9 Å². The molecule has 1 atom stereocenters. The normalized spacial score (nSPS) is 15.1. The van der Waals surface area contributed by atoms with E-state index in [0.717, 1.165) is 11.1 Å². The van der Waals surface area contributed by atoms with Crippen molar-refractivity contribution in [1.29, 1.82) is 0 Å². The van der Waals surface area contributed by atoms with Gasteiger partial charge >= 0.3 is 0 Å². The van der Waals surface area contributed by atoms with Crippen molar-refractivity contribution < 1.29 is 19.4 Å². The number of methoxy groups -OCH3 is 1. The number of rotatable bonds is 7. The first-order chi connectivity index (χ1) is 18.0. The molecule has 5 rings (SSSR count). The lowest BCUT2D eigenvalue weighted by atomic mass is 10.0. The zero-order chi connectivity index (χ0) is 25.8. The van der Waals surface area contributed by atoms with E-state index in [1.165, 1.54) is 5.01 Å². The molecule has 7 nitrogen and oxygen atoms in total. The molecule has 0 spiro atoms. The van der Waals surface area contributed by atoms with Gasteiger partial charge < -0.3 is 19.9 Å². The van der Waals surface area contributed by atoms with E-state index in [2.05, 4.69) is 10.4 Å². The molecule has 7 heteroatoms. The number of phenolic OH excluding ortho intramolecular Hbond substituents is 1. The Morgan fingerprint density at radius 3 is 2.46 bits per heavy atom. The Bertz CT molecular complexity index is 1450. The first-order valence-corrected chi connectivity index (χ1v) is 11.9. The number of hydrogen-bond donors (Lipinski definition) is 2. The van der Waals surface area contributed by atoms with Gasteiger partial charge in [-0.3, -0.25) is 4.79 Å². The van der Waals surface area contributed by atoms with E-state index in [4.69, 9.17) is 9.47 Å². The van der Waals surface area contributed by atoms with Crippen molar-refractivity contribution in [3.05, 3.63) is 119 Å². The van der Waals surface area contributed by atoms with Crippen LogP contribution in [0.2, 0.25) is 0 Å². The summed E-state index contributed by atoms with van der Waals surface area (Å²) in [5.74, 6) is 0.984. The zero-order valence-corrected chi connectivity index (χ0v) is 20.6. The maximum Gasteiger partial charge on any atom is 0.278 e. The molecular formula is C30H27N3O4. The Labute approximate surface area is 215 Å². The highest BCUT2D eigenvalue weighted by molar-refractivity contribution is 6.05. The minimum absolute atomic E-state index is 0.0969. The molecule has 0 saturated carbocycles. The number of ether oxygens (including phenoxy) is 2. The average molecular weight is 494 g/mol. The first kappa shape index (κ1) is 23.9. The molecule has 1 aliphatic rings. The molecule has 37 heavy (non-hydrogen) atoms. The third kappa shape index (κ3) is 4.97. The van der Waals surface area contributed by atoms with E-state index in [1.807, 2.05) is 72.8 Å². The Balaban J connectivity index is 1.51. The molecule has 4 aromatic rings. The van der Waals surface area contributed by atoms with Gasteiger partial charge in [0, 0.05) is 16.8 Å². The summed E-state index contributed by atoms with van der Waals surface area (Å²) >= 11 is 0. The standard InChI is InChI=1S/C30H27N3O4/c1-20(23-12-7-9-15-26(23)34)32-33-29(31-25-14-8-6-13-24(25)30(33)35)22-16-17-27(28(18-22)36-2)37-19-21-10-4-3-5-11-21/h3-18,29,31,34H,19H2,1-2H3/b32-20+. The van der Waals surface area contributed by atoms with Gasteiger partial charge in [-0.15, -0.1) is 0 Å². The number of amides is 1. The number of fused-ring (bicyclic) bond motifs is 1. The Morgan fingerprint density at radius 2 is 1.68 bits per heavy atom. The number of hydrogen-bond acceptors (Lipinski definition) is 6. The summed E-state index contributed by atoms with van der Waals surface area (Å²) in [5, 5.41) is 19.8. The molecule has 1 heterocycles. The third-order valence-corrected chi connectivity index (χ3v) is 6.19. The highest BCUT2D eigenvalue weighted by atomic mass is 16.5. The monoisotopic (exact) mass is 493 g/mol. The summed E-state index contributed by atoms with van der Waals surface area (Å²) in [7, 11) is 1.58. The van der Waals surface area contributed by atoms with Crippen LogP contribution < -0.4 is 14.8 Å². The summed E-state index contributed by atoms with van der Waals surface area (Å²) in [6, 6.07) is 29.7. The van der Waals surface area contributed by atoms with E-state index in [9.17, 15) is 9.90 Å². The molecule has 2 N–H and O–H groups in total. The number of para-hydroxylation sites is 2. The number of benzene rings is 4. The second kappa shape index (κ2) is 10.5. The number of anilines is 1. The summed E-state index contributed by atoms with van der Waals surface area (Å²) in [5.41, 5.74) is 4.10. The smallest absolute Gasteiger partial charge is 0.278 e. The average Bonchev–Trinajstić information content (AvgIpc) is 2.94. The molecule has 0 aliphatic carbocycles. The van der Waals surface area contributed by atoms with Crippen LogP contribution in [0.15, 0.2) is 102 Å². The number of hydrazone groups is 1. The highest BCUT2D eigenvalue weighted by Gasteiger charge is 2.34. The van der Waals surface area contributed by atoms with E-state index < -0.39 is 6.17 Å². The molecule has 0 saturated heterocycles. The van der Waals surface area contributed by atoms with Gasteiger partial charge in [-0.25, -0.2) is 5.01 Å². The lowest BCUT2D eigenvalue weighted by molar-refractivity contribution is 0.0689. The van der Waals surface area contributed by atoms with Gasteiger partial charge in [-0.1, -0.05) is 60.7 Å². The number of nitrogens with zero attached hydrogens (tertiary/aromatic N) is 2. The fourth-order valence-corrected chi connectivity index (χ4v) is 4.28.